The zero-order chi connectivity index (χ0) is 24.4. The van der Waals surface area contributed by atoms with E-state index in [-0.39, 0.29) is 23.3 Å². The van der Waals surface area contributed by atoms with Gasteiger partial charge in [0.15, 0.2) is 0 Å². The summed E-state index contributed by atoms with van der Waals surface area (Å²) in [6.07, 6.45) is 0.0445. The lowest BCUT2D eigenvalue weighted by molar-refractivity contribution is 0.0748. The van der Waals surface area contributed by atoms with E-state index in [1.165, 1.54) is 11.8 Å². The number of nitrogens with zero attached hydrogens (tertiary/aromatic N) is 3. The zero-order valence-corrected chi connectivity index (χ0v) is 20.3. The predicted molar refractivity (Wildman–Crippen MR) is 136 cm³/mol. The van der Waals surface area contributed by atoms with E-state index < -0.39 is 0 Å². The Balaban J connectivity index is 1.53. The van der Waals surface area contributed by atoms with Crippen molar-refractivity contribution in [1.82, 2.24) is 9.80 Å². The van der Waals surface area contributed by atoms with Crippen LogP contribution in [0.4, 0.5) is 11.4 Å². The van der Waals surface area contributed by atoms with E-state index in [1.807, 2.05) is 13.8 Å². The number of phenols is 1. The van der Waals surface area contributed by atoms with Gasteiger partial charge in [-0.25, -0.2) is 0 Å². The molecule has 2 aromatic carbocycles. The number of hydrazine groups is 1. The van der Waals surface area contributed by atoms with E-state index in [2.05, 4.69) is 47.1 Å². The van der Waals surface area contributed by atoms with Gasteiger partial charge in [-0.05, 0) is 55.8 Å². The van der Waals surface area contributed by atoms with Gasteiger partial charge in [0.25, 0.3) is 5.91 Å². The van der Waals surface area contributed by atoms with E-state index in [0.717, 1.165) is 37.3 Å². The van der Waals surface area contributed by atoms with Gasteiger partial charge in [-0.1, -0.05) is 12.6 Å². The van der Waals surface area contributed by atoms with Gasteiger partial charge in [-0.3, -0.25) is 10.6 Å². The molecule has 0 atom stereocenters. The molecule has 0 radical (unpaired) electrons. The lowest BCUT2D eigenvalue weighted by Crippen LogP contribution is -2.44. The first-order valence-corrected chi connectivity index (χ1v) is 11.7. The number of rotatable bonds is 7. The molecule has 0 unspecified atom stereocenters. The molecule has 4 rings (SSSR count). The lowest BCUT2D eigenvalue weighted by atomic mass is 10.0. The third-order valence-electron chi connectivity index (χ3n) is 6.56. The smallest absolute Gasteiger partial charge is 0.258 e. The van der Waals surface area contributed by atoms with Crippen LogP contribution >= 0.6 is 0 Å². The van der Waals surface area contributed by atoms with E-state index in [9.17, 15) is 9.90 Å². The number of nitrogen functional groups attached to an aromatic ring is 1. The van der Waals surface area contributed by atoms with Crippen molar-refractivity contribution < 1.29 is 14.6 Å². The van der Waals surface area contributed by atoms with Crippen molar-refractivity contribution in [3.63, 3.8) is 0 Å². The maximum absolute atomic E-state index is 13.4. The molecule has 2 heterocycles. The molecule has 0 aliphatic carbocycles. The highest BCUT2D eigenvalue weighted by molar-refractivity contribution is 5.99. The second-order valence-electron chi connectivity index (χ2n) is 9.43. The highest BCUT2D eigenvalue weighted by Crippen LogP contribution is 2.34. The van der Waals surface area contributed by atoms with E-state index in [4.69, 9.17) is 10.6 Å². The Labute approximate surface area is 201 Å². The Morgan fingerprint density at radius 2 is 1.82 bits per heavy atom. The summed E-state index contributed by atoms with van der Waals surface area (Å²) in [4.78, 5) is 19.9. The molecule has 8 heteroatoms. The minimum absolute atomic E-state index is 0.0445. The molecular weight excluding hydrogens is 430 g/mol. The predicted octanol–water partition coefficient (Wildman–Crippen LogP) is 3.02. The van der Waals surface area contributed by atoms with Crippen molar-refractivity contribution in [2.24, 2.45) is 5.84 Å². The van der Waals surface area contributed by atoms with Gasteiger partial charge < -0.3 is 30.0 Å². The monoisotopic (exact) mass is 465 g/mol. The number of fused-ring (bicyclic) bond motifs is 1. The van der Waals surface area contributed by atoms with Crippen molar-refractivity contribution in [3.05, 3.63) is 59.2 Å². The standard InChI is InChI=1S/C26H35N5O3/c1-17(2)34-16-18(3)22-12-23(25(32)13-24(22)28-27)26(33)31-14-19-5-6-21(11-20(19)15-31)30-9-7-29(4)8-10-30/h5-6,11-13,17,28,32H,3,7-10,14-16,27H2,1-2,4H3. The molecule has 4 N–H and O–H groups in total. The molecule has 182 valence electrons. The van der Waals surface area contributed by atoms with Crippen LogP contribution in [0.25, 0.3) is 5.57 Å². The molecule has 1 fully saturated rings. The summed E-state index contributed by atoms with van der Waals surface area (Å²) in [5, 5.41) is 10.6. The van der Waals surface area contributed by atoms with Gasteiger partial charge in [-0.2, -0.15) is 0 Å². The molecule has 1 saturated heterocycles. The third-order valence-corrected chi connectivity index (χ3v) is 6.56. The number of nitrogens with two attached hydrogens (primary N) is 1. The van der Waals surface area contributed by atoms with Crippen molar-refractivity contribution in [1.29, 1.82) is 0 Å². The maximum Gasteiger partial charge on any atom is 0.258 e. The molecular formula is C26H35N5O3. The molecule has 2 aliphatic rings. The first-order valence-electron chi connectivity index (χ1n) is 11.7. The van der Waals surface area contributed by atoms with Crippen molar-refractivity contribution in [3.8, 4) is 5.75 Å². The summed E-state index contributed by atoms with van der Waals surface area (Å²) in [5.74, 6) is 5.32. The van der Waals surface area contributed by atoms with Crippen molar-refractivity contribution in [2.45, 2.75) is 33.0 Å². The number of aromatic hydroxyl groups is 1. The quantitative estimate of drug-likeness (QED) is 0.427. The average molecular weight is 466 g/mol. The fraction of sp³-hybridized carbons (Fsp3) is 0.423. The van der Waals surface area contributed by atoms with Crippen LogP contribution in [0.1, 0.15) is 40.9 Å². The number of carbonyl (C=O) groups is 1. The van der Waals surface area contributed by atoms with Crippen molar-refractivity contribution >= 4 is 22.9 Å². The fourth-order valence-corrected chi connectivity index (χ4v) is 4.47. The van der Waals surface area contributed by atoms with Gasteiger partial charge in [0.2, 0.25) is 0 Å². The van der Waals surface area contributed by atoms with E-state index in [1.54, 1.807) is 11.0 Å². The number of anilines is 2. The Morgan fingerprint density at radius 1 is 1.12 bits per heavy atom. The zero-order valence-electron chi connectivity index (χ0n) is 20.3. The lowest BCUT2D eigenvalue weighted by Gasteiger charge is -2.34. The molecule has 8 nitrogen and oxygen atoms in total. The second kappa shape index (κ2) is 10.0. The minimum atomic E-state index is -0.225. The Morgan fingerprint density at radius 3 is 2.50 bits per heavy atom. The van der Waals surface area contributed by atoms with E-state index in [0.29, 0.717) is 36.5 Å². The summed E-state index contributed by atoms with van der Waals surface area (Å²) in [5.41, 5.74) is 8.13. The van der Waals surface area contributed by atoms with Crippen LogP contribution < -0.4 is 16.2 Å². The number of likely N-dealkylation sites (N-methyl/N-ethyl adjacent to an activating group) is 1. The highest BCUT2D eigenvalue weighted by Gasteiger charge is 2.28. The minimum Gasteiger partial charge on any atom is -0.507 e. The topological polar surface area (TPSA) is 94.3 Å². The molecule has 2 aromatic rings. The first-order chi connectivity index (χ1) is 16.3. The maximum atomic E-state index is 13.4. The summed E-state index contributed by atoms with van der Waals surface area (Å²) in [6, 6.07) is 9.59. The SMILES string of the molecule is C=C(COC(C)C)c1cc(C(=O)N2Cc3ccc(N4CCN(C)CC4)cc3C2)c(O)cc1NN. The van der Waals surface area contributed by atoms with Gasteiger partial charge in [0.05, 0.1) is 24.0 Å². The van der Waals surface area contributed by atoms with Crippen LogP contribution in [-0.4, -0.2) is 66.8 Å². The number of carbonyl (C=O) groups excluding carboxylic acids is 1. The summed E-state index contributed by atoms with van der Waals surface area (Å²) in [6.45, 7) is 13.4. The molecule has 2 aliphatic heterocycles. The van der Waals surface area contributed by atoms with Crippen LogP contribution in [0.5, 0.6) is 5.75 Å². The van der Waals surface area contributed by atoms with Crippen molar-refractivity contribution in [2.75, 3.05) is 50.2 Å². The number of hydrogen-bond acceptors (Lipinski definition) is 7. The van der Waals surface area contributed by atoms with Crippen LogP contribution in [0.2, 0.25) is 0 Å². The largest absolute Gasteiger partial charge is 0.507 e. The summed E-state index contributed by atoms with van der Waals surface area (Å²) in [7, 11) is 2.15. The van der Waals surface area contributed by atoms with Crippen LogP contribution in [-0.2, 0) is 17.8 Å². The van der Waals surface area contributed by atoms with Gasteiger partial charge >= 0.3 is 0 Å². The van der Waals surface area contributed by atoms with Gasteiger partial charge in [0.1, 0.15) is 5.75 Å². The Hall–Kier alpha value is -3.07. The van der Waals surface area contributed by atoms with Crippen LogP contribution in [0, 0.1) is 0 Å². The van der Waals surface area contributed by atoms with E-state index >= 15 is 0 Å². The molecule has 0 spiro atoms. The van der Waals surface area contributed by atoms with Crippen LogP contribution in [0.3, 0.4) is 0 Å². The number of ether oxygens (including phenoxy) is 1. The molecule has 34 heavy (non-hydrogen) atoms. The molecule has 0 aromatic heterocycles. The number of phenolic OH excluding ortho intramolecular Hbond substituents is 1. The normalized spacial score (nSPS) is 16.1. The highest BCUT2D eigenvalue weighted by atomic mass is 16.5. The fourth-order valence-electron chi connectivity index (χ4n) is 4.47. The number of nitrogens with one attached hydrogen (secondary N) is 1. The van der Waals surface area contributed by atoms with Gasteiger partial charge in [-0.15, -0.1) is 0 Å². The second-order valence-corrected chi connectivity index (χ2v) is 9.43. The third kappa shape index (κ3) is 5.04. The molecule has 0 bridgehead atoms. The average Bonchev–Trinajstić information content (AvgIpc) is 3.25. The van der Waals surface area contributed by atoms with Gasteiger partial charge in [0, 0.05) is 56.6 Å². The number of hydrogen-bond donors (Lipinski definition) is 3. The summed E-state index contributed by atoms with van der Waals surface area (Å²) >= 11 is 0. The number of benzene rings is 2. The Bertz CT molecular complexity index is 1080. The number of piperazine rings is 1. The first kappa shape index (κ1) is 24.1. The molecule has 0 saturated carbocycles. The summed E-state index contributed by atoms with van der Waals surface area (Å²) < 4.78 is 5.66. The Kier molecular flexibility index (Phi) is 7.11. The van der Waals surface area contributed by atoms with Crippen LogP contribution in [0.15, 0.2) is 36.9 Å². The number of amides is 1. The molecule has 1 amide bonds.